The van der Waals surface area contributed by atoms with Crippen molar-refractivity contribution < 1.29 is 9.84 Å². The first-order valence-corrected chi connectivity index (χ1v) is 15.0. The third-order valence-electron chi connectivity index (χ3n) is 5.64. The average Bonchev–Trinajstić information content (AvgIpc) is 2.82. The van der Waals surface area contributed by atoms with Crippen molar-refractivity contribution in [3.8, 4) is 11.5 Å². The normalized spacial score (nSPS) is 12.7. The maximum absolute atomic E-state index is 10.8. The van der Waals surface area contributed by atoms with Gasteiger partial charge in [0, 0.05) is 0 Å². The predicted molar refractivity (Wildman–Crippen MR) is 138 cm³/mol. The number of aromatic hydroxyl groups is 1. The van der Waals surface area contributed by atoms with Crippen molar-refractivity contribution in [2.75, 3.05) is 7.11 Å². The number of methoxy groups -OCH3 is 1. The summed E-state index contributed by atoms with van der Waals surface area (Å²) in [7, 11) is 1.66. The van der Waals surface area contributed by atoms with E-state index in [2.05, 4.69) is 113 Å². The van der Waals surface area contributed by atoms with Crippen LogP contribution in [0.1, 0.15) is 5.56 Å². The molecule has 0 atom stereocenters. The first-order chi connectivity index (χ1) is 14.6. The van der Waals surface area contributed by atoms with E-state index in [9.17, 15) is 5.11 Å². The molecule has 1 N–H and O–H groups in total. The van der Waals surface area contributed by atoms with Crippen molar-refractivity contribution in [3.63, 3.8) is 0 Å². The van der Waals surface area contributed by atoms with Gasteiger partial charge in [-0.25, -0.2) is 0 Å². The van der Waals surface area contributed by atoms with Crippen LogP contribution in [0.4, 0.5) is 0 Å². The van der Waals surface area contributed by atoms with Crippen molar-refractivity contribution in [2.24, 2.45) is 0 Å². The van der Waals surface area contributed by atoms with Crippen LogP contribution in [0.15, 0.2) is 109 Å². The Kier molecular flexibility index (Phi) is 5.86. The fraction of sp³-hybridized carbons (Fsp3) is 0.0769. The van der Waals surface area contributed by atoms with Crippen molar-refractivity contribution >= 4 is 42.2 Å². The van der Waals surface area contributed by atoms with Gasteiger partial charge < -0.3 is 0 Å². The molecule has 0 heterocycles. The van der Waals surface area contributed by atoms with Gasteiger partial charge in [0.05, 0.1) is 0 Å². The van der Waals surface area contributed by atoms with E-state index < -0.39 is 4.25 Å². The van der Waals surface area contributed by atoms with Gasteiger partial charge in [0.25, 0.3) is 0 Å². The molecule has 4 aromatic carbocycles. The molecule has 4 heteroatoms. The molecule has 0 unspecified atom stereocenters. The van der Waals surface area contributed by atoms with Crippen LogP contribution in [0.25, 0.3) is 0 Å². The van der Waals surface area contributed by atoms with Crippen LogP contribution in [-0.4, -0.2) is 12.2 Å². The van der Waals surface area contributed by atoms with E-state index in [0.717, 1.165) is 11.3 Å². The summed E-state index contributed by atoms with van der Waals surface area (Å²) < 4.78 is 2.48. The fourth-order valence-corrected chi connectivity index (χ4v) is 12.8. The zero-order valence-corrected chi connectivity index (χ0v) is 19.8. The van der Waals surface area contributed by atoms with E-state index >= 15 is 0 Å². The summed E-state index contributed by atoms with van der Waals surface area (Å²) in [5.74, 6) is 1.04. The average molecular weight is 526 g/mol. The van der Waals surface area contributed by atoms with Crippen molar-refractivity contribution in [2.45, 2.75) is 6.16 Å². The second-order valence-corrected chi connectivity index (χ2v) is 18.0. The first-order valence-electron chi connectivity index (χ1n) is 9.82. The molecular weight excluding hydrogens is 502 g/mol. The van der Waals surface area contributed by atoms with Gasteiger partial charge in [-0.05, 0) is 0 Å². The molecular formula is C26H24IO2P. The van der Waals surface area contributed by atoms with Crippen LogP contribution >= 0.6 is 26.3 Å². The summed E-state index contributed by atoms with van der Waals surface area (Å²) in [6.07, 6.45) is 0.688. The van der Waals surface area contributed by atoms with Gasteiger partial charge in [0.1, 0.15) is 0 Å². The molecule has 0 aromatic heterocycles. The molecule has 0 spiro atoms. The fourth-order valence-electron chi connectivity index (χ4n) is 4.07. The Morgan fingerprint density at radius 1 is 0.700 bits per heavy atom. The Labute approximate surface area is 191 Å². The number of phenolic OH excluding ortho intramolecular Hbond substituents is 1. The van der Waals surface area contributed by atoms with Crippen molar-refractivity contribution in [3.05, 3.63) is 115 Å². The number of ether oxygens (including phenoxy) is 1. The quantitative estimate of drug-likeness (QED) is 0.255. The summed E-state index contributed by atoms with van der Waals surface area (Å²) in [5.41, 5.74) is 0.887. The zero-order chi connectivity index (χ0) is 21.1. The number of rotatable bonds is 6. The van der Waals surface area contributed by atoms with Crippen molar-refractivity contribution in [1.29, 1.82) is 0 Å². The van der Waals surface area contributed by atoms with E-state index in [1.807, 2.05) is 6.07 Å². The molecule has 4 aromatic rings. The maximum atomic E-state index is 10.8. The third-order valence-corrected chi connectivity index (χ3v) is 16.7. The number of benzene rings is 4. The Morgan fingerprint density at radius 3 is 1.53 bits per heavy atom. The minimum absolute atomic E-state index is 0.296. The molecule has 0 amide bonds. The molecule has 4 rings (SSSR count). The van der Waals surface area contributed by atoms with Gasteiger partial charge in [-0.15, -0.1) is 0 Å². The molecule has 0 aliphatic carbocycles. The van der Waals surface area contributed by atoms with Gasteiger partial charge >= 0.3 is 192 Å². The molecule has 0 saturated carbocycles. The van der Waals surface area contributed by atoms with Gasteiger partial charge in [-0.1, -0.05) is 0 Å². The summed E-state index contributed by atoms with van der Waals surface area (Å²) in [5, 5.41) is 14.7. The van der Waals surface area contributed by atoms with Crippen LogP contribution in [0.3, 0.4) is 0 Å². The van der Waals surface area contributed by atoms with Crippen LogP contribution in [0.5, 0.6) is 11.5 Å². The Balaban J connectivity index is 2.09. The van der Waals surface area contributed by atoms with Gasteiger partial charge in [0.2, 0.25) is 0 Å². The second-order valence-electron chi connectivity index (χ2n) is 7.34. The van der Waals surface area contributed by atoms with E-state index in [4.69, 9.17) is 4.74 Å². The van der Waals surface area contributed by atoms with Gasteiger partial charge in [-0.3, -0.25) is 0 Å². The molecule has 2 nitrogen and oxygen atoms in total. The number of hydrogen-bond acceptors (Lipinski definition) is 2. The Morgan fingerprint density at radius 2 is 1.13 bits per heavy atom. The Hall–Kier alpha value is -2.36. The van der Waals surface area contributed by atoms with Gasteiger partial charge in [0.15, 0.2) is 0 Å². The summed E-state index contributed by atoms with van der Waals surface area (Å²) in [4.78, 5) is 0. The summed E-state index contributed by atoms with van der Waals surface area (Å²) >= 11 is 2.73. The van der Waals surface area contributed by atoms with Crippen molar-refractivity contribution in [1.82, 2.24) is 0 Å². The molecule has 30 heavy (non-hydrogen) atoms. The molecule has 0 bridgehead atoms. The van der Waals surface area contributed by atoms with E-state index in [1.165, 1.54) is 15.9 Å². The van der Waals surface area contributed by atoms with Crippen LogP contribution < -0.4 is 20.7 Å². The number of halogens is 1. The van der Waals surface area contributed by atoms with Crippen LogP contribution in [-0.2, 0) is 6.16 Å². The van der Waals surface area contributed by atoms with Crippen LogP contribution in [0.2, 0.25) is 0 Å². The second kappa shape index (κ2) is 8.41. The first kappa shape index (κ1) is 20.9. The molecule has 152 valence electrons. The Bertz CT molecular complexity index is 1030. The van der Waals surface area contributed by atoms with Gasteiger partial charge in [-0.2, -0.15) is 0 Å². The van der Waals surface area contributed by atoms with Crippen LogP contribution in [0, 0.1) is 0 Å². The monoisotopic (exact) mass is 526 g/mol. The standard InChI is InChI=1S/C26H24IO2P/c1-29-22-17-18-26(28)21(19-22)20-30(27,23-11-5-2-6-12-23,24-13-7-3-8-14-24)25-15-9-4-10-16-25/h2-19,28H,20H2,1H3. The minimum atomic E-state index is -3.00. The summed E-state index contributed by atoms with van der Waals surface area (Å²) in [6, 6.07) is 37.6. The number of hydrogen-bond donors (Lipinski definition) is 1. The van der Waals surface area contributed by atoms with E-state index in [1.54, 1.807) is 19.2 Å². The molecule has 0 fully saturated rings. The molecule has 0 aliphatic heterocycles. The molecule has 0 radical (unpaired) electrons. The molecule has 0 saturated heterocycles. The SMILES string of the molecule is COc1ccc(O)c(CP(I)(c2ccccc2)(c2ccccc2)c2ccccc2)c1. The predicted octanol–water partition coefficient (Wildman–Crippen LogP) is 5.78. The van der Waals surface area contributed by atoms with E-state index in [0.29, 0.717) is 11.9 Å². The van der Waals surface area contributed by atoms with E-state index in [-0.39, 0.29) is 0 Å². The number of phenols is 1. The zero-order valence-electron chi connectivity index (χ0n) is 16.8. The summed E-state index contributed by atoms with van der Waals surface area (Å²) in [6.45, 7) is 0. The topological polar surface area (TPSA) is 29.5 Å². The third kappa shape index (κ3) is 3.51. The molecule has 0 aliphatic rings.